The molecule has 0 N–H and O–H groups in total. The van der Waals surface area contributed by atoms with Gasteiger partial charge in [-0.3, -0.25) is 9.69 Å². The van der Waals surface area contributed by atoms with Crippen LogP contribution in [0, 0.1) is 0 Å². The summed E-state index contributed by atoms with van der Waals surface area (Å²) in [5.74, 6) is 1.77. The van der Waals surface area contributed by atoms with E-state index in [-0.39, 0.29) is 11.8 Å². The van der Waals surface area contributed by atoms with Crippen molar-refractivity contribution < 1.29 is 14.1 Å². The Labute approximate surface area is 165 Å². The van der Waals surface area contributed by atoms with E-state index in [0.717, 1.165) is 57.9 Å². The number of amides is 1. The maximum atomic E-state index is 12.3. The number of piperidine rings is 1. The van der Waals surface area contributed by atoms with Gasteiger partial charge in [0.25, 0.3) is 0 Å². The van der Waals surface area contributed by atoms with Crippen molar-refractivity contribution in [2.75, 3.05) is 39.4 Å². The molecule has 7 heteroatoms. The van der Waals surface area contributed by atoms with Crippen LogP contribution in [0.5, 0.6) is 0 Å². The quantitative estimate of drug-likeness (QED) is 0.729. The summed E-state index contributed by atoms with van der Waals surface area (Å²) in [6.45, 7) is 5.46. The number of likely N-dealkylation sites (tertiary alicyclic amines) is 1. The Kier molecular flexibility index (Phi) is 6.34. The molecule has 1 aromatic carbocycles. The van der Waals surface area contributed by atoms with Crippen LogP contribution in [0.1, 0.15) is 42.5 Å². The summed E-state index contributed by atoms with van der Waals surface area (Å²) in [6.07, 6.45) is 3.29. The molecule has 1 amide bonds. The number of benzene rings is 1. The van der Waals surface area contributed by atoms with Crippen molar-refractivity contribution in [1.82, 2.24) is 19.9 Å². The van der Waals surface area contributed by atoms with Gasteiger partial charge in [0.15, 0.2) is 5.82 Å². The number of ether oxygens (including phenoxy) is 1. The molecule has 1 aromatic heterocycles. The first kappa shape index (κ1) is 19.1. The fourth-order valence-corrected chi connectivity index (χ4v) is 3.91. The fourth-order valence-electron chi connectivity index (χ4n) is 3.91. The third-order valence-corrected chi connectivity index (χ3v) is 5.54. The molecule has 150 valence electrons. The molecule has 1 atom stereocenters. The Morgan fingerprint density at radius 1 is 1.14 bits per heavy atom. The molecular formula is C21H28N4O3. The molecule has 2 saturated heterocycles. The Bertz CT molecular complexity index is 758. The first-order valence-electron chi connectivity index (χ1n) is 10.2. The van der Waals surface area contributed by atoms with Gasteiger partial charge in [-0.05, 0) is 24.8 Å². The molecule has 0 radical (unpaired) electrons. The molecular weight excluding hydrogens is 356 g/mol. The van der Waals surface area contributed by atoms with Crippen LogP contribution in [0.25, 0.3) is 0 Å². The van der Waals surface area contributed by atoms with E-state index in [0.29, 0.717) is 25.4 Å². The third-order valence-electron chi connectivity index (χ3n) is 5.54. The molecule has 3 heterocycles. The molecule has 0 bridgehead atoms. The zero-order chi connectivity index (χ0) is 19.2. The van der Waals surface area contributed by atoms with Crippen LogP contribution >= 0.6 is 0 Å². The zero-order valence-corrected chi connectivity index (χ0v) is 16.3. The maximum absolute atomic E-state index is 12.3. The summed E-state index contributed by atoms with van der Waals surface area (Å²) < 4.78 is 10.9. The van der Waals surface area contributed by atoms with Crippen LogP contribution in [0.2, 0.25) is 0 Å². The number of hydrogen-bond acceptors (Lipinski definition) is 6. The van der Waals surface area contributed by atoms with Crippen molar-refractivity contribution in [3.05, 3.63) is 47.6 Å². The van der Waals surface area contributed by atoms with Crippen LogP contribution in [-0.2, 0) is 22.5 Å². The number of aromatic nitrogens is 2. The first-order chi connectivity index (χ1) is 13.8. The van der Waals surface area contributed by atoms with Crippen molar-refractivity contribution in [2.45, 2.75) is 38.1 Å². The average molecular weight is 384 g/mol. The number of morpholine rings is 1. The molecule has 2 fully saturated rings. The van der Waals surface area contributed by atoms with E-state index in [1.54, 1.807) is 0 Å². The van der Waals surface area contributed by atoms with Gasteiger partial charge in [0.05, 0.1) is 25.7 Å². The molecule has 2 aromatic rings. The number of carbonyl (C=O) groups excluding carboxylic acids is 1. The lowest BCUT2D eigenvalue weighted by Gasteiger charge is -2.31. The minimum Gasteiger partial charge on any atom is -0.379 e. The van der Waals surface area contributed by atoms with E-state index < -0.39 is 0 Å². The highest BCUT2D eigenvalue weighted by Gasteiger charge is 2.30. The van der Waals surface area contributed by atoms with Crippen molar-refractivity contribution >= 4 is 5.91 Å². The standard InChI is InChI=1S/C21H28N4O3/c26-20-9-8-18(15-25(20)10-4-7-17-5-2-1-3-6-17)21-22-19(23-28-21)16-24-11-13-27-14-12-24/h1-3,5-6,18H,4,7-16H2. The van der Waals surface area contributed by atoms with E-state index in [1.165, 1.54) is 5.56 Å². The second kappa shape index (κ2) is 9.30. The smallest absolute Gasteiger partial charge is 0.231 e. The molecule has 0 saturated carbocycles. The van der Waals surface area contributed by atoms with E-state index in [1.807, 2.05) is 11.0 Å². The molecule has 2 aliphatic heterocycles. The number of rotatable bonds is 7. The lowest BCUT2D eigenvalue weighted by molar-refractivity contribution is -0.134. The lowest BCUT2D eigenvalue weighted by atomic mass is 9.97. The monoisotopic (exact) mass is 384 g/mol. The van der Waals surface area contributed by atoms with Crippen molar-refractivity contribution in [3.63, 3.8) is 0 Å². The summed E-state index contributed by atoms with van der Waals surface area (Å²) in [5.41, 5.74) is 1.31. The number of carbonyl (C=O) groups is 1. The van der Waals surface area contributed by atoms with Crippen molar-refractivity contribution in [1.29, 1.82) is 0 Å². The van der Waals surface area contributed by atoms with Crippen LogP contribution in [0.4, 0.5) is 0 Å². The molecule has 2 aliphatic rings. The van der Waals surface area contributed by atoms with Crippen LogP contribution in [0.3, 0.4) is 0 Å². The highest BCUT2D eigenvalue weighted by atomic mass is 16.5. The van der Waals surface area contributed by atoms with Gasteiger partial charge >= 0.3 is 0 Å². The summed E-state index contributed by atoms with van der Waals surface area (Å²) >= 11 is 0. The Hall–Kier alpha value is -2.25. The summed E-state index contributed by atoms with van der Waals surface area (Å²) in [5, 5.41) is 4.16. The average Bonchev–Trinajstić information content (AvgIpc) is 3.19. The Morgan fingerprint density at radius 3 is 2.79 bits per heavy atom. The van der Waals surface area contributed by atoms with Crippen molar-refractivity contribution in [3.8, 4) is 0 Å². The maximum Gasteiger partial charge on any atom is 0.231 e. The zero-order valence-electron chi connectivity index (χ0n) is 16.3. The molecule has 4 rings (SSSR count). The van der Waals surface area contributed by atoms with E-state index in [9.17, 15) is 4.79 Å². The van der Waals surface area contributed by atoms with Crippen LogP contribution in [0.15, 0.2) is 34.9 Å². The Morgan fingerprint density at radius 2 is 1.96 bits per heavy atom. The highest BCUT2D eigenvalue weighted by Crippen LogP contribution is 2.27. The van der Waals surface area contributed by atoms with Crippen molar-refractivity contribution in [2.24, 2.45) is 0 Å². The van der Waals surface area contributed by atoms with Crippen LogP contribution in [-0.4, -0.2) is 65.2 Å². The molecule has 1 unspecified atom stereocenters. The van der Waals surface area contributed by atoms with Gasteiger partial charge in [-0.15, -0.1) is 0 Å². The predicted molar refractivity (Wildman–Crippen MR) is 104 cm³/mol. The summed E-state index contributed by atoms with van der Waals surface area (Å²) in [6, 6.07) is 10.4. The van der Waals surface area contributed by atoms with Gasteiger partial charge in [-0.25, -0.2) is 0 Å². The van der Waals surface area contributed by atoms with Crippen LogP contribution < -0.4 is 0 Å². The van der Waals surface area contributed by atoms with Gasteiger partial charge < -0.3 is 14.2 Å². The largest absolute Gasteiger partial charge is 0.379 e. The Balaban J connectivity index is 1.29. The number of nitrogens with zero attached hydrogens (tertiary/aromatic N) is 4. The summed E-state index contributed by atoms with van der Waals surface area (Å²) in [4.78, 5) is 21.2. The number of aryl methyl sites for hydroxylation is 1. The normalized spacial score (nSPS) is 21.2. The van der Waals surface area contributed by atoms with Gasteiger partial charge in [-0.1, -0.05) is 35.5 Å². The molecule has 0 spiro atoms. The summed E-state index contributed by atoms with van der Waals surface area (Å²) in [7, 11) is 0. The minimum atomic E-state index is 0.139. The highest BCUT2D eigenvalue weighted by molar-refractivity contribution is 5.77. The van der Waals surface area contributed by atoms with E-state index >= 15 is 0 Å². The SMILES string of the molecule is O=C1CCC(c2nc(CN3CCOCC3)no2)CN1CCCc1ccccc1. The fraction of sp³-hybridized carbons (Fsp3) is 0.571. The van der Waals surface area contributed by atoms with E-state index in [4.69, 9.17) is 9.26 Å². The minimum absolute atomic E-state index is 0.139. The molecule has 0 aliphatic carbocycles. The van der Waals surface area contributed by atoms with E-state index in [2.05, 4.69) is 39.3 Å². The first-order valence-corrected chi connectivity index (χ1v) is 10.2. The van der Waals surface area contributed by atoms with Gasteiger partial charge in [0.2, 0.25) is 11.8 Å². The predicted octanol–water partition coefficient (Wildman–Crippen LogP) is 2.24. The van der Waals surface area contributed by atoms with Gasteiger partial charge in [0, 0.05) is 32.6 Å². The second-order valence-corrected chi connectivity index (χ2v) is 7.60. The second-order valence-electron chi connectivity index (χ2n) is 7.60. The van der Waals surface area contributed by atoms with Gasteiger partial charge in [-0.2, -0.15) is 4.98 Å². The topological polar surface area (TPSA) is 71.7 Å². The third kappa shape index (κ3) is 4.97. The van der Waals surface area contributed by atoms with Gasteiger partial charge in [0.1, 0.15) is 0 Å². The molecule has 7 nitrogen and oxygen atoms in total. The lowest BCUT2D eigenvalue weighted by Crippen LogP contribution is -2.40. The molecule has 28 heavy (non-hydrogen) atoms. The number of hydrogen-bond donors (Lipinski definition) is 0.